The molecular weight excluding hydrogens is 289 g/mol. The van der Waals surface area contributed by atoms with Gasteiger partial charge in [-0.3, -0.25) is 0 Å². The van der Waals surface area contributed by atoms with Crippen LogP contribution in [0.4, 0.5) is 4.39 Å². The number of benzene rings is 2. The number of nitrogens with zero attached hydrogens (tertiary/aromatic N) is 1. The number of rotatable bonds is 4. The summed E-state index contributed by atoms with van der Waals surface area (Å²) >= 11 is 5.83. The molecule has 0 aliphatic heterocycles. The fraction of sp³-hybridized carbons (Fsp3) is 0.235. The van der Waals surface area contributed by atoms with Crippen LogP contribution < -0.4 is 4.74 Å². The second-order valence-electron chi connectivity index (χ2n) is 4.89. The second kappa shape index (κ2) is 6.60. The van der Waals surface area contributed by atoms with E-state index in [1.807, 2.05) is 32.0 Å². The molecule has 0 aliphatic carbocycles. The maximum Gasteiger partial charge on any atom is 0.125 e. The molecule has 0 saturated heterocycles. The highest BCUT2D eigenvalue weighted by Gasteiger charge is 2.09. The Kier molecular flexibility index (Phi) is 4.82. The number of hydrogen-bond acceptors (Lipinski definition) is 2. The summed E-state index contributed by atoms with van der Waals surface area (Å²) in [6.45, 7) is 4.03. The Bertz CT molecular complexity index is 683. The molecule has 0 amide bonds. The van der Waals surface area contributed by atoms with Crippen LogP contribution in [0.2, 0.25) is 0 Å². The van der Waals surface area contributed by atoms with E-state index in [1.165, 1.54) is 18.2 Å². The normalized spacial score (nSPS) is 10.2. The van der Waals surface area contributed by atoms with Gasteiger partial charge in [0.2, 0.25) is 0 Å². The van der Waals surface area contributed by atoms with Gasteiger partial charge in [-0.2, -0.15) is 5.26 Å². The largest absolute Gasteiger partial charge is 0.488 e. The van der Waals surface area contributed by atoms with Crippen LogP contribution in [0, 0.1) is 31.0 Å². The number of ether oxygens (including phenoxy) is 1. The molecular formula is C17H15ClFNO. The highest BCUT2D eigenvalue weighted by atomic mass is 35.5. The third kappa shape index (κ3) is 3.53. The topological polar surface area (TPSA) is 33.0 Å². The number of hydrogen-bond donors (Lipinski definition) is 0. The van der Waals surface area contributed by atoms with Crippen molar-refractivity contribution < 1.29 is 9.13 Å². The summed E-state index contributed by atoms with van der Waals surface area (Å²) in [5, 5.41) is 9.04. The summed E-state index contributed by atoms with van der Waals surface area (Å²) in [6.07, 6.45) is 0. The Morgan fingerprint density at radius 3 is 2.43 bits per heavy atom. The van der Waals surface area contributed by atoms with Gasteiger partial charge >= 0.3 is 0 Å². The first kappa shape index (κ1) is 15.3. The van der Waals surface area contributed by atoms with E-state index < -0.39 is 0 Å². The molecule has 0 saturated carbocycles. The number of aryl methyl sites for hydroxylation is 2. The molecule has 2 aromatic carbocycles. The lowest BCUT2D eigenvalue weighted by Crippen LogP contribution is -2.02. The van der Waals surface area contributed by atoms with E-state index in [9.17, 15) is 4.39 Å². The summed E-state index contributed by atoms with van der Waals surface area (Å²) in [4.78, 5) is 0. The van der Waals surface area contributed by atoms with E-state index in [-0.39, 0.29) is 12.4 Å². The van der Waals surface area contributed by atoms with Crippen LogP contribution in [-0.4, -0.2) is 0 Å². The quantitative estimate of drug-likeness (QED) is 0.771. The predicted octanol–water partition coefficient (Wildman–Crippen LogP) is 4.63. The lowest BCUT2D eigenvalue weighted by atomic mass is 10.1. The van der Waals surface area contributed by atoms with Crippen LogP contribution in [0.15, 0.2) is 30.3 Å². The smallest absolute Gasteiger partial charge is 0.125 e. The van der Waals surface area contributed by atoms with Crippen molar-refractivity contribution in [2.24, 2.45) is 0 Å². The molecule has 0 aromatic heterocycles. The van der Waals surface area contributed by atoms with Crippen LogP contribution in [0.5, 0.6) is 5.75 Å². The van der Waals surface area contributed by atoms with Crippen molar-refractivity contribution in [3.8, 4) is 11.8 Å². The lowest BCUT2D eigenvalue weighted by molar-refractivity contribution is 0.301. The predicted molar refractivity (Wildman–Crippen MR) is 80.9 cm³/mol. The van der Waals surface area contributed by atoms with Crippen molar-refractivity contribution in [1.29, 1.82) is 5.26 Å². The molecule has 0 aliphatic rings. The van der Waals surface area contributed by atoms with E-state index in [0.29, 0.717) is 17.0 Å². The van der Waals surface area contributed by atoms with Crippen LogP contribution in [-0.2, 0) is 12.5 Å². The first-order valence-electron chi connectivity index (χ1n) is 6.52. The molecule has 0 atom stereocenters. The van der Waals surface area contributed by atoms with Crippen LogP contribution in [0.1, 0.15) is 27.8 Å². The summed E-state index contributed by atoms with van der Waals surface area (Å²) in [6, 6.07) is 10.0. The maximum atomic E-state index is 13.3. The molecule has 4 heteroatoms. The molecule has 0 radical (unpaired) electrons. The molecule has 0 unspecified atom stereocenters. The molecule has 2 aromatic rings. The number of nitriles is 1. The molecule has 2 rings (SSSR count). The van der Waals surface area contributed by atoms with Gasteiger partial charge in [0.25, 0.3) is 0 Å². The zero-order valence-electron chi connectivity index (χ0n) is 11.9. The minimum Gasteiger partial charge on any atom is -0.488 e. The first-order chi connectivity index (χ1) is 10.0. The number of halogens is 2. The molecule has 2 nitrogen and oxygen atoms in total. The van der Waals surface area contributed by atoms with Gasteiger partial charge in [0.05, 0.1) is 11.6 Å². The minimum absolute atomic E-state index is 0.155. The zero-order chi connectivity index (χ0) is 15.4. The van der Waals surface area contributed by atoms with Gasteiger partial charge in [-0.1, -0.05) is 12.1 Å². The Morgan fingerprint density at radius 2 is 1.86 bits per heavy atom. The van der Waals surface area contributed by atoms with Crippen molar-refractivity contribution in [2.45, 2.75) is 26.3 Å². The van der Waals surface area contributed by atoms with Gasteiger partial charge < -0.3 is 4.74 Å². The Hall–Kier alpha value is -2.05. The van der Waals surface area contributed by atoms with Gasteiger partial charge in [-0.25, -0.2) is 4.39 Å². The van der Waals surface area contributed by atoms with E-state index in [1.54, 1.807) is 0 Å². The van der Waals surface area contributed by atoms with Crippen molar-refractivity contribution in [3.05, 3.63) is 64.0 Å². The van der Waals surface area contributed by atoms with Gasteiger partial charge in [0.15, 0.2) is 0 Å². The van der Waals surface area contributed by atoms with Gasteiger partial charge in [0, 0.05) is 11.4 Å². The van der Waals surface area contributed by atoms with E-state index in [0.717, 1.165) is 22.4 Å². The van der Waals surface area contributed by atoms with Crippen LogP contribution in [0.3, 0.4) is 0 Å². The molecule has 0 spiro atoms. The standard InChI is InChI=1S/C17H15ClFNO/c1-11-5-13(8-18)6-12(2)17(11)21-10-15-7-16(19)4-3-14(15)9-20/h3-7H,8,10H2,1-2H3. The third-order valence-electron chi connectivity index (χ3n) is 3.23. The average molecular weight is 304 g/mol. The molecule has 0 bridgehead atoms. The molecule has 0 N–H and O–H groups in total. The third-order valence-corrected chi connectivity index (χ3v) is 3.54. The first-order valence-corrected chi connectivity index (χ1v) is 7.06. The van der Waals surface area contributed by atoms with Crippen molar-refractivity contribution in [1.82, 2.24) is 0 Å². The summed E-state index contributed by atoms with van der Waals surface area (Å²) in [5.41, 5.74) is 3.94. The summed E-state index contributed by atoms with van der Waals surface area (Å²) < 4.78 is 19.1. The number of alkyl halides is 1. The Balaban J connectivity index is 2.25. The molecule has 108 valence electrons. The average Bonchev–Trinajstić information content (AvgIpc) is 2.46. The monoisotopic (exact) mass is 303 g/mol. The Labute approximate surface area is 128 Å². The van der Waals surface area contributed by atoms with Crippen molar-refractivity contribution >= 4 is 11.6 Å². The maximum absolute atomic E-state index is 13.3. The summed E-state index contributed by atoms with van der Waals surface area (Å²) in [7, 11) is 0. The van der Waals surface area contributed by atoms with Crippen LogP contribution in [0.25, 0.3) is 0 Å². The Morgan fingerprint density at radius 1 is 1.19 bits per heavy atom. The fourth-order valence-electron chi connectivity index (χ4n) is 2.29. The molecule has 21 heavy (non-hydrogen) atoms. The second-order valence-corrected chi connectivity index (χ2v) is 5.16. The fourth-order valence-corrected chi connectivity index (χ4v) is 2.44. The highest BCUT2D eigenvalue weighted by molar-refractivity contribution is 6.17. The van der Waals surface area contributed by atoms with Crippen molar-refractivity contribution in [2.75, 3.05) is 0 Å². The SMILES string of the molecule is Cc1cc(CCl)cc(C)c1OCc1cc(F)ccc1C#N. The highest BCUT2D eigenvalue weighted by Crippen LogP contribution is 2.27. The van der Waals surface area contributed by atoms with E-state index in [4.69, 9.17) is 21.6 Å². The van der Waals surface area contributed by atoms with Crippen molar-refractivity contribution in [3.63, 3.8) is 0 Å². The van der Waals surface area contributed by atoms with Crippen LogP contribution >= 0.6 is 11.6 Å². The van der Waals surface area contributed by atoms with Gasteiger partial charge in [-0.15, -0.1) is 11.6 Å². The van der Waals surface area contributed by atoms with E-state index in [2.05, 4.69) is 0 Å². The van der Waals surface area contributed by atoms with Gasteiger partial charge in [0.1, 0.15) is 18.2 Å². The lowest BCUT2D eigenvalue weighted by Gasteiger charge is -2.14. The molecule has 0 fully saturated rings. The minimum atomic E-state index is -0.376. The zero-order valence-corrected chi connectivity index (χ0v) is 12.7. The van der Waals surface area contributed by atoms with Gasteiger partial charge in [-0.05, 0) is 48.7 Å². The van der Waals surface area contributed by atoms with E-state index >= 15 is 0 Å². The summed E-state index contributed by atoms with van der Waals surface area (Å²) in [5.74, 6) is 0.820. The molecule has 0 heterocycles.